The highest BCUT2D eigenvalue weighted by Gasteiger charge is 2.23. The summed E-state index contributed by atoms with van der Waals surface area (Å²) >= 11 is 6.49. The van der Waals surface area contributed by atoms with E-state index in [1.165, 1.54) is 0 Å². The Bertz CT molecular complexity index is 1350. The molecule has 0 radical (unpaired) electrons. The number of aliphatic hydroxyl groups excluding tert-OH is 1. The molecule has 0 aliphatic rings. The molecule has 42 heavy (non-hydrogen) atoms. The first-order valence-corrected chi connectivity index (χ1v) is 14.8. The Labute approximate surface area is 253 Å². The van der Waals surface area contributed by atoms with Crippen LogP contribution in [0.15, 0.2) is 46.0 Å². The number of anilines is 2. The number of aliphatic hydroxyl groups is 1. The molecule has 230 valence electrons. The van der Waals surface area contributed by atoms with Gasteiger partial charge in [-0.15, -0.1) is 0 Å². The van der Waals surface area contributed by atoms with E-state index in [2.05, 4.69) is 24.5 Å². The molecule has 0 aliphatic heterocycles. The van der Waals surface area contributed by atoms with E-state index in [9.17, 15) is 14.7 Å². The Balaban J connectivity index is 1.58. The van der Waals surface area contributed by atoms with Gasteiger partial charge in [-0.25, -0.2) is 0 Å². The predicted octanol–water partition coefficient (Wildman–Crippen LogP) is 4.14. The van der Waals surface area contributed by atoms with Gasteiger partial charge in [-0.2, -0.15) is 0 Å². The summed E-state index contributed by atoms with van der Waals surface area (Å²) in [4.78, 5) is 24.4. The van der Waals surface area contributed by atoms with Crippen LogP contribution in [0.25, 0.3) is 0 Å². The van der Waals surface area contributed by atoms with Gasteiger partial charge in [0.15, 0.2) is 11.5 Å². The molecule has 10 heteroatoms. The first kappa shape index (κ1) is 33.4. The molecule has 0 aliphatic carbocycles. The SMILES string of the molecule is COCCCOc1cc(Cc2ccc(Cl)c(CCNc3c(NC[C@H](O)[C@@H](N)CCC(C)C)c(=O)c3=O)c2)ccc1OC. The van der Waals surface area contributed by atoms with E-state index < -0.39 is 23.0 Å². The summed E-state index contributed by atoms with van der Waals surface area (Å²) in [6.07, 6.45) is 2.75. The van der Waals surface area contributed by atoms with E-state index in [0.29, 0.717) is 61.5 Å². The average molecular weight is 602 g/mol. The van der Waals surface area contributed by atoms with Gasteiger partial charge >= 0.3 is 0 Å². The summed E-state index contributed by atoms with van der Waals surface area (Å²) in [5.74, 6) is 1.85. The number of hydrogen-bond donors (Lipinski definition) is 4. The molecule has 5 N–H and O–H groups in total. The zero-order valence-electron chi connectivity index (χ0n) is 25.0. The number of methoxy groups -OCH3 is 2. The van der Waals surface area contributed by atoms with Crippen LogP contribution < -0.4 is 36.7 Å². The second kappa shape index (κ2) is 16.5. The van der Waals surface area contributed by atoms with Gasteiger partial charge < -0.3 is 35.7 Å². The van der Waals surface area contributed by atoms with Crippen LogP contribution in [0, 0.1) is 5.92 Å². The number of hydrogen-bond acceptors (Lipinski definition) is 9. The van der Waals surface area contributed by atoms with E-state index in [0.717, 1.165) is 29.5 Å². The topological polar surface area (TPSA) is 132 Å². The highest BCUT2D eigenvalue weighted by Crippen LogP contribution is 2.30. The lowest BCUT2D eigenvalue weighted by molar-refractivity contribution is 0.149. The third-order valence-corrected chi connectivity index (χ3v) is 7.53. The standard InChI is InChI=1S/C32H44ClN3O6/c1-20(2)6-10-25(34)26(37)19-36-30-29(31(38)32(30)39)35-13-12-23-17-21(7-9-24(23)33)16-22-8-11-27(41-4)28(18-22)42-15-5-14-40-3/h7-9,11,17-18,20,25-26,35-37H,5-6,10,12-16,19,34H2,1-4H3/t25-,26-/m0/s1. The molecule has 9 nitrogen and oxygen atoms in total. The van der Waals surface area contributed by atoms with Crippen molar-refractivity contribution in [2.45, 2.75) is 58.1 Å². The summed E-state index contributed by atoms with van der Waals surface area (Å²) in [5, 5.41) is 17.0. The number of nitrogens with two attached hydrogens (primary N) is 1. The van der Waals surface area contributed by atoms with E-state index in [4.69, 9.17) is 31.5 Å². The van der Waals surface area contributed by atoms with Gasteiger partial charge in [0.05, 0.1) is 19.8 Å². The summed E-state index contributed by atoms with van der Waals surface area (Å²) in [6, 6.07) is 11.4. The lowest BCUT2D eigenvalue weighted by Gasteiger charge is -2.22. The highest BCUT2D eigenvalue weighted by atomic mass is 35.5. The van der Waals surface area contributed by atoms with Gasteiger partial charge in [-0.1, -0.05) is 43.6 Å². The Morgan fingerprint density at radius 3 is 2.31 bits per heavy atom. The normalized spacial score (nSPS) is 12.9. The van der Waals surface area contributed by atoms with Gasteiger partial charge in [0.25, 0.3) is 10.9 Å². The minimum atomic E-state index is -0.827. The molecular formula is C32H44ClN3O6. The minimum absolute atomic E-state index is 0.0952. The van der Waals surface area contributed by atoms with E-state index >= 15 is 0 Å². The van der Waals surface area contributed by atoms with E-state index in [-0.39, 0.29) is 17.9 Å². The van der Waals surface area contributed by atoms with Crippen molar-refractivity contribution in [3.63, 3.8) is 0 Å². The van der Waals surface area contributed by atoms with Crippen LogP contribution in [0.3, 0.4) is 0 Å². The molecule has 0 unspecified atom stereocenters. The Kier molecular flexibility index (Phi) is 13.1. The largest absolute Gasteiger partial charge is 0.493 e. The summed E-state index contributed by atoms with van der Waals surface area (Å²) in [7, 11) is 3.28. The fourth-order valence-corrected chi connectivity index (χ4v) is 4.83. The lowest BCUT2D eigenvalue weighted by atomic mass is 10.00. The molecule has 3 aromatic carbocycles. The van der Waals surface area contributed by atoms with Gasteiger partial charge in [-0.05, 0) is 66.5 Å². The number of benzene rings is 2. The zero-order valence-corrected chi connectivity index (χ0v) is 25.8. The van der Waals surface area contributed by atoms with Crippen LogP contribution in [0.5, 0.6) is 11.5 Å². The maximum Gasteiger partial charge on any atom is 0.253 e. The van der Waals surface area contributed by atoms with Crippen LogP contribution in [-0.2, 0) is 17.6 Å². The maximum atomic E-state index is 12.2. The van der Waals surface area contributed by atoms with Crippen molar-refractivity contribution >= 4 is 23.0 Å². The van der Waals surface area contributed by atoms with Crippen molar-refractivity contribution in [3.05, 3.63) is 78.6 Å². The molecule has 2 atom stereocenters. The Hall–Kier alpha value is -3.11. The second-order valence-corrected chi connectivity index (χ2v) is 11.4. The first-order valence-electron chi connectivity index (χ1n) is 14.4. The van der Waals surface area contributed by atoms with Gasteiger partial charge in [0.1, 0.15) is 11.4 Å². The van der Waals surface area contributed by atoms with Crippen LogP contribution in [0.1, 0.15) is 49.8 Å². The van der Waals surface area contributed by atoms with Gasteiger partial charge in [-0.3, -0.25) is 9.59 Å². The van der Waals surface area contributed by atoms with Gasteiger partial charge in [0, 0.05) is 44.3 Å². The average Bonchev–Trinajstić information content (AvgIpc) is 2.98. The number of nitrogens with one attached hydrogen (secondary N) is 2. The molecule has 3 rings (SSSR count). The number of ether oxygens (including phenoxy) is 3. The zero-order chi connectivity index (χ0) is 30.6. The molecule has 3 aromatic rings. The smallest absolute Gasteiger partial charge is 0.253 e. The molecule has 0 saturated carbocycles. The third-order valence-electron chi connectivity index (χ3n) is 7.16. The second-order valence-electron chi connectivity index (χ2n) is 11.0. The van der Waals surface area contributed by atoms with Gasteiger partial charge in [0.2, 0.25) is 0 Å². The van der Waals surface area contributed by atoms with Crippen LogP contribution in [0.4, 0.5) is 11.4 Å². The quantitative estimate of drug-likeness (QED) is 0.118. The van der Waals surface area contributed by atoms with E-state index in [1.54, 1.807) is 14.2 Å². The van der Waals surface area contributed by atoms with E-state index in [1.807, 2.05) is 36.4 Å². The third kappa shape index (κ3) is 9.46. The molecular weight excluding hydrogens is 558 g/mol. The van der Waals surface area contributed by atoms with Crippen molar-refractivity contribution in [1.29, 1.82) is 0 Å². The fraction of sp³-hybridized carbons (Fsp3) is 0.500. The summed E-state index contributed by atoms with van der Waals surface area (Å²) in [5.41, 5.74) is 8.38. The van der Waals surface area contributed by atoms with Crippen molar-refractivity contribution < 1.29 is 19.3 Å². The van der Waals surface area contributed by atoms with Crippen LogP contribution in [0.2, 0.25) is 5.02 Å². The molecule has 0 amide bonds. The maximum absolute atomic E-state index is 12.2. The highest BCUT2D eigenvalue weighted by molar-refractivity contribution is 6.31. The lowest BCUT2D eigenvalue weighted by Crippen LogP contribution is -2.43. The summed E-state index contributed by atoms with van der Waals surface area (Å²) < 4.78 is 16.4. The predicted molar refractivity (Wildman–Crippen MR) is 169 cm³/mol. The van der Waals surface area contributed by atoms with Crippen LogP contribution >= 0.6 is 11.6 Å². The minimum Gasteiger partial charge on any atom is -0.493 e. The molecule has 0 saturated heterocycles. The molecule has 0 spiro atoms. The fourth-order valence-electron chi connectivity index (χ4n) is 4.62. The van der Waals surface area contributed by atoms with Crippen molar-refractivity contribution in [1.82, 2.24) is 0 Å². The molecule has 0 fully saturated rings. The molecule has 0 bridgehead atoms. The Morgan fingerprint density at radius 2 is 1.62 bits per heavy atom. The molecule has 0 heterocycles. The monoisotopic (exact) mass is 601 g/mol. The van der Waals surface area contributed by atoms with Crippen molar-refractivity contribution in [3.8, 4) is 11.5 Å². The summed E-state index contributed by atoms with van der Waals surface area (Å²) in [6.45, 7) is 5.85. The number of rotatable bonds is 19. The van der Waals surface area contributed by atoms with Crippen LogP contribution in [-0.4, -0.2) is 57.8 Å². The van der Waals surface area contributed by atoms with Crippen molar-refractivity contribution in [2.75, 3.05) is 51.2 Å². The first-order chi connectivity index (χ1) is 20.1. The van der Waals surface area contributed by atoms with Crippen molar-refractivity contribution in [2.24, 2.45) is 11.7 Å². The molecule has 0 aromatic heterocycles. The number of halogens is 1. The Morgan fingerprint density at radius 1 is 0.929 bits per heavy atom.